The summed E-state index contributed by atoms with van der Waals surface area (Å²) in [6.07, 6.45) is 8.07. The van der Waals surface area contributed by atoms with E-state index in [1.54, 1.807) is 0 Å². The molecule has 2 unspecified atom stereocenters. The SMILES string of the molecule is CC1CCCC(N2CC(O)(C3CC3)C2)C1. The van der Waals surface area contributed by atoms with Gasteiger partial charge in [0.25, 0.3) is 0 Å². The second kappa shape index (κ2) is 3.46. The van der Waals surface area contributed by atoms with E-state index in [0.29, 0.717) is 5.92 Å². The van der Waals surface area contributed by atoms with Crippen LogP contribution >= 0.6 is 0 Å². The van der Waals surface area contributed by atoms with Crippen molar-refractivity contribution in [3.63, 3.8) is 0 Å². The van der Waals surface area contributed by atoms with Crippen LogP contribution in [0.25, 0.3) is 0 Å². The van der Waals surface area contributed by atoms with Gasteiger partial charge in [0.1, 0.15) is 0 Å². The van der Waals surface area contributed by atoms with Crippen LogP contribution in [-0.2, 0) is 0 Å². The Morgan fingerprint density at radius 2 is 1.87 bits per heavy atom. The fourth-order valence-electron chi connectivity index (χ4n) is 3.53. The summed E-state index contributed by atoms with van der Waals surface area (Å²) in [6.45, 7) is 4.31. The van der Waals surface area contributed by atoms with Crippen molar-refractivity contribution in [3.8, 4) is 0 Å². The van der Waals surface area contributed by atoms with Crippen molar-refractivity contribution in [1.29, 1.82) is 0 Å². The van der Waals surface area contributed by atoms with E-state index in [1.807, 2.05) is 0 Å². The molecular formula is C13H23NO. The van der Waals surface area contributed by atoms with E-state index in [0.717, 1.165) is 25.0 Å². The van der Waals surface area contributed by atoms with Crippen LogP contribution in [0.4, 0.5) is 0 Å². The van der Waals surface area contributed by atoms with Gasteiger partial charge in [-0.05, 0) is 37.5 Å². The molecule has 2 aliphatic carbocycles. The predicted octanol–water partition coefficient (Wildman–Crippen LogP) is 2.02. The zero-order valence-corrected chi connectivity index (χ0v) is 9.78. The van der Waals surface area contributed by atoms with Gasteiger partial charge in [0, 0.05) is 19.1 Å². The molecule has 2 atom stereocenters. The van der Waals surface area contributed by atoms with Gasteiger partial charge in [-0.2, -0.15) is 0 Å². The van der Waals surface area contributed by atoms with E-state index in [2.05, 4.69) is 11.8 Å². The first-order valence-corrected chi connectivity index (χ1v) is 6.64. The third-order valence-electron chi connectivity index (χ3n) is 4.72. The number of β-amino-alcohol motifs (C(OH)–C–C–N with tert-alkyl or cyclic N) is 1. The maximum atomic E-state index is 10.3. The number of likely N-dealkylation sites (tertiary alicyclic amines) is 1. The maximum Gasteiger partial charge on any atom is 0.0928 e. The number of hydrogen-bond acceptors (Lipinski definition) is 2. The topological polar surface area (TPSA) is 23.5 Å². The largest absolute Gasteiger partial charge is 0.387 e. The van der Waals surface area contributed by atoms with Crippen LogP contribution in [0.2, 0.25) is 0 Å². The van der Waals surface area contributed by atoms with Gasteiger partial charge in [-0.3, -0.25) is 4.90 Å². The third-order valence-corrected chi connectivity index (χ3v) is 4.72. The highest BCUT2D eigenvalue weighted by Gasteiger charge is 2.53. The lowest BCUT2D eigenvalue weighted by atomic mass is 9.81. The molecule has 86 valence electrons. The van der Waals surface area contributed by atoms with Crippen LogP contribution in [0.5, 0.6) is 0 Å². The fraction of sp³-hybridized carbons (Fsp3) is 1.00. The number of rotatable bonds is 2. The van der Waals surface area contributed by atoms with Gasteiger partial charge in [-0.25, -0.2) is 0 Å². The van der Waals surface area contributed by atoms with Crippen molar-refractivity contribution >= 4 is 0 Å². The van der Waals surface area contributed by atoms with E-state index in [9.17, 15) is 5.11 Å². The molecule has 3 rings (SSSR count). The van der Waals surface area contributed by atoms with E-state index in [4.69, 9.17) is 0 Å². The lowest BCUT2D eigenvalue weighted by Crippen LogP contribution is -2.66. The number of aliphatic hydroxyl groups is 1. The van der Waals surface area contributed by atoms with E-state index >= 15 is 0 Å². The van der Waals surface area contributed by atoms with Gasteiger partial charge < -0.3 is 5.11 Å². The minimum Gasteiger partial charge on any atom is -0.387 e. The van der Waals surface area contributed by atoms with Gasteiger partial charge >= 0.3 is 0 Å². The van der Waals surface area contributed by atoms with Crippen LogP contribution in [0, 0.1) is 11.8 Å². The van der Waals surface area contributed by atoms with Crippen molar-refractivity contribution in [2.45, 2.75) is 57.1 Å². The quantitative estimate of drug-likeness (QED) is 0.752. The van der Waals surface area contributed by atoms with E-state index in [-0.39, 0.29) is 5.60 Å². The Morgan fingerprint density at radius 3 is 2.47 bits per heavy atom. The molecule has 1 saturated heterocycles. The molecule has 0 radical (unpaired) electrons. The molecule has 3 aliphatic rings. The highest BCUT2D eigenvalue weighted by molar-refractivity contribution is 5.07. The molecule has 2 nitrogen and oxygen atoms in total. The van der Waals surface area contributed by atoms with Crippen LogP contribution in [0.1, 0.15) is 45.4 Å². The molecule has 0 spiro atoms. The number of hydrogen-bond donors (Lipinski definition) is 1. The van der Waals surface area contributed by atoms with Crippen molar-refractivity contribution in [2.75, 3.05) is 13.1 Å². The van der Waals surface area contributed by atoms with Crippen molar-refractivity contribution in [2.24, 2.45) is 11.8 Å². The minimum atomic E-state index is -0.277. The predicted molar refractivity (Wildman–Crippen MR) is 60.7 cm³/mol. The Morgan fingerprint density at radius 1 is 1.13 bits per heavy atom. The van der Waals surface area contributed by atoms with Gasteiger partial charge in [-0.15, -0.1) is 0 Å². The van der Waals surface area contributed by atoms with Crippen LogP contribution < -0.4 is 0 Å². The molecule has 3 fully saturated rings. The van der Waals surface area contributed by atoms with Gasteiger partial charge in [0.05, 0.1) is 5.60 Å². The van der Waals surface area contributed by atoms with Crippen molar-refractivity contribution in [1.82, 2.24) is 4.90 Å². The Kier molecular flexibility index (Phi) is 2.33. The smallest absolute Gasteiger partial charge is 0.0928 e. The normalized spacial score (nSPS) is 41.2. The van der Waals surface area contributed by atoms with Gasteiger partial charge in [0.2, 0.25) is 0 Å². The first-order chi connectivity index (χ1) is 7.17. The van der Waals surface area contributed by atoms with Crippen molar-refractivity contribution in [3.05, 3.63) is 0 Å². The zero-order valence-electron chi connectivity index (χ0n) is 9.78. The third kappa shape index (κ3) is 1.83. The monoisotopic (exact) mass is 209 g/mol. The first kappa shape index (κ1) is 10.1. The second-order valence-electron chi connectivity index (χ2n) is 6.21. The lowest BCUT2D eigenvalue weighted by Gasteiger charge is -2.52. The zero-order chi connectivity index (χ0) is 10.5. The molecule has 0 aromatic heterocycles. The van der Waals surface area contributed by atoms with E-state index in [1.165, 1.54) is 38.5 Å². The average molecular weight is 209 g/mol. The molecule has 0 aromatic carbocycles. The fourth-order valence-corrected chi connectivity index (χ4v) is 3.53. The summed E-state index contributed by atoms with van der Waals surface area (Å²) in [5, 5.41) is 10.3. The molecule has 15 heavy (non-hydrogen) atoms. The summed E-state index contributed by atoms with van der Waals surface area (Å²) in [4.78, 5) is 2.54. The van der Waals surface area contributed by atoms with Gasteiger partial charge in [-0.1, -0.05) is 19.8 Å². The Bertz CT molecular complexity index is 243. The molecular weight excluding hydrogens is 186 g/mol. The molecule has 0 amide bonds. The highest BCUT2D eigenvalue weighted by Crippen LogP contribution is 2.46. The van der Waals surface area contributed by atoms with Gasteiger partial charge in [0.15, 0.2) is 0 Å². The molecule has 2 saturated carbocycles. The Hall–Kier alpha value is -0.0800. The summed E-state index contributed by atoms with van der Waals surface area (Å²) >= 11 is 0. The van der Waals surface area contributed by atoms with E-state index < -0.39 is 0 Å². The Labute approximate surface area is 92.7 Å². The average Bonchev–Trinajstić information content (AvgIpc) is 2.96. The molecule has 0 bridgehead atoms. The Balaban J connectivity index is 1.53. The molecule has 1 N–H and O–H groups in total. The standard InChI is InChI=1S/C13H23NO/c1-10-3-2-4-12(7-10)14-8-13(15,9-14)11-5-6-11/h10-12,15H,2-9H2,1H3. The summed E-state index contributed by atoms with van der Waals surface area (Å²) in [5.41, 5.74) is -0.277. The highest BCUT2D eigenvalue weighted by atomic mass is 16.3. The number of nitrogens with zero attached hydrogens (tertiary/aromatic N) is 1. The van der Waals surface area contributed by atoms with Crippen molar-refractivity contribution < 1.29 is 5.11 Å². The first-order valence-electron chi connectivity index (χ1n) is 6.64. The summed E-state index contributed by atoms with van der Waals surface area (Å²) in [7, 11) is 0. The van der Waals surface area contributed by atoms with Crippen LogP contribution in [0.15, 0.2) is 0 Å². The van der Waals surface area contributed by atoms with Crippen LogP contribution in [0.3, 0.4) is 0 Å². The molecule has 0 aromatic rings. The molecule has 1 aliphatic heterocycles. The minimum absolute atomic E-state index is 0.277. The summed E-state index contributed by atoms with van der Waals surface area (Å²) < 4.78 is 0. The maximum absolute atomic E-state index is 10.3. The second-order valence-corrected chi connectivity index (χ2v) is 6.21. The molecule has 2 heteroatoms. The molecule has 1 heterocycles. The lowest BCUT2D eigenvalue weighted by molar-refractivity contribution is -0.135. The van der Waals surface area contributed by atoms with Crippen LogP contribution in [-0.4, -0.2) is 34.7 Å². The summed E-state index contributed by atoms with van der Waals surface area (Å²) in [6, 6.07) is 0.785. The summed E-state index contributed by atoms with van der Waals surface area (Å²) in [5.74, 6) is 1.55.